The lowest BCUT2D eigenvalue weighted by Gasteiger charge is -2.07. The Kier molecular flexibility index (Phi) is 4.46. The van der Waals surface area contributed by atoms with Gasteiger partial charge in [-0.1, -0.05) is 24.3 Å². The second-order valence-corrected chi connectivity index (χ2v) is 7.43. The quantitative estimate of drug-likeness (QED) is 0.727. The highest BCUT2D eigenvalue weighted by Gasteiger charge is 2.30. The first-order valence-electron chi connectivity index (χ1n) is 8.72. The van der Waals surface area contributed by atoms with Crippen molar-refractivity contribution in [3.8, 4) is 10.7 Å². The Morgan fingerprint density at radius 3 is 2.77 bits per heavy atom. The highest BCUT2D eigenvalue weighted by atomic mass is 32.1. The van der Waals surface area contributed by atoms with Crippen molar-refractivity contribution in [2.24, 2.45) is 0 Å². The van der Waals surface area contributed by atoms with Crippen molar-refractivity contribution in [2.75, 3.05) is 6.54 Å². The van der Waals surface area contributed by atoms with Gasteiger partial charge in [-0.05, 0) is 42.8 Å². The van der Waals surface area contributed by atoms with Crippen LogP contribution in [0.2, 0.25) is 0 Å². The van der Waals surface area contributed by atoms with Gasteiger partial charge in [-0.25, -0.2) is 9.48 Å². The maximum atomic E-state index is 12.7. The van der Waals surface area contributed by atoms with Crippen molar-refractivity contribution in [3.63, 3.8) is 0 Å². The smallest absolute Gasteiger partial charge is 0.346 e. The first-order chi connectivity index (χ1) is 12.6. The minimum atomic E-state index is -0.128. The Bertz CT molecular complexity index is 983. The maximum absolute atomic E-state index is 12.7. The number of hydrogen-bond donors (Lipinski definition) is 1. The molecule has 7 heteroatoms. The zero-order valence-corrected chi connectivity index (χ0v) is 15.3. The molecule has 6 nitrogen and oxygen atoms in total. The molecule has 2 heterocycles. The second kappa shape index (κ2) is 6.92. The van der Waals surface area contributed by atoms with E-state index >= 15 is 0 Å². The molecule has 0 radical (unpaired) electrons. The molecule has 1 aliphatic rings. The molecule has 1 aromatic carbocycles. The van der Waals surface area contributed by atoms with E-state index in [4.69, 9.17) is 0 Å². The van der Waals surface area contributed by atoms with Crippen molar-refractivity contribution in [2.45, 2.75) is 32.4 Å². The summed E-state index contributed by atoms with van der Waals surface area (Å²) >= 11 is 1.58. The second-order valence-electron chi connectivity index (χ2n) is 6.48. The fourth-order valence-electron chi connectivity index (χ4n) is 3.00. The number of nitrogens with one attached hydrogen (secondary N) is 1. The van der Waals surface area contributed by atoms with Gasteiger partial charge in [-0.3, -0.25) is 9.36 Å². The molecule has 26 heavy (non-hydrogen) atoms. The molecule has 3 aromatic rings. The molecular weight excluding hydrogens is 348 g/mol. The largest absolute Gasteiger partial charge is 0.350 e. The van der Waals surface area contributed by atoms with Gasteiger partial charge in [0.2, 0.25) is 0 Å². The Balaban J connectivity index is 1.49. The zero-order valence-electron chi connectivity index (χ0n) is 14.5. The third-order valence-corrected chi connectivity index (χ3v) is 5.39. The number of thiophene rings is 1. The van der Waals surface area contributed by atoms with Crippen molar-refractivity contribution in [1.29, 1.82) is 0 Å². The Labute approximate surface area is 155 Å². The number of hydrogen-bond acceptors (Lipinski definition) is 4. The standard InChI is InChI=1S/C19H20N4O2S/c1-13-5-2-3-6-15(13)18(24)20-10-11-22-19(25)23(14-8-9-14)17(21-22)16-7-4-12-26-16/h2-7,12,14H,8-11H2,1H3,(H,20,24). The molecule has 134 valence electrons. The molecule has 0 spiro atoms. The van der Waals surface area contributed by atoms with Crippen LogP contribution in [-0.2, 0) is 6.54 Å². The van der Waals surface area contributed by atoms with E-state index in [1.807, 2.05) is 42.6 Å². The van der Waals surface area contributed by atoms with Crippen LogP contribution in [0.15, 0.2) is 46.6 Å². The van der Waals surface area contributed by atoms with E-state index < -0.39 is 0 Å². The number of benzene rings is 1. The Morgan fingerprint density at radius 1 is 1.27 bits per heavy atom. The summed E-state index contributed by atoms with van der Waals surface area (Å²) in [5.41, 5.74) is 1.49. The van der Waals surface area contributed by atoms with Crippen molar-refractivity contribution in [1.82, 2.24) is 19.7 Å². The van der Waals surface area contributed by atoms with Gasteiger partial charge in [0, 0.05) is 18.2 Å². The minimum Gasteiger partial charge on any atom is -0.350 e. The van der Waals surface area contributed by atoms with Gasteiger partial charge in [-0.15, -0.1) is 16.4 Å². The molecule has 0 bridgehead atoms. The summed E-state index contributed by atoms with van der Waals surface area (Å²) in [5, 5.41) is 9.39. The molecule has 1 N–H and O–H groups in total. The summed E-state index contributed by atoms with van der Waals surface area (Å²) in [6, 6.07) is 11.7. The normalized spacial score (nSPS) is 13.7. The van der Waals surface area contributed by atoms with E-state index in [-0.39, 0.29) is 17.6 Å². The molecule has 0 aliphatic heterocycles. The van der Waals surface area contributed by atoms with Gasteiger partial charge >= 0.3 is 5.69 Å². The summed E-state index contributed by atoms with van der Waals surface area (Å²) in [5.74, 6) is 0.606. The van der Waals surface area contributed by atoms with Crippen molar-refractivity contribution < 1.29 is 4.79 Å². The van der Waals surface area contributed by atoms with E-state index in [9.17, 15) is 9.59 Å². The number of carbonyl (C=O) groups is 1. The molecule has 1 aliphatic carbocycles. The first kappa shape index (κ1) is 16.8. The van der Waals surface area contributed by atoms with E-state index in [0.717, 1.165) is 29.1 Å². The van der Waals surface area contributed by atoms with E-state index in [0.29, 0.717) is 18.7 Å². The van der Waals surface area contributed by atoms with Gasteiger partial charge in [0.05, 0.1) is 11.4 Å². The van der Waals surface area contributed by atoms with Gasteiger partial charge in [0.1, 0.15) is 0 Å². The SMILES string of the molecule is Cc1ccccc1C(=O)NCCn1nc(-c2cccs2)n(C2CC2)c1=O. The molecule has 0 atom stereocenters. The van der Waals surface area contributed by atoms with Crippen LogP contribution in [0, 0.1) is 6.92 Å². The molecule has 0 unspecified atom stereocenters. The molecule has 1 fully saturated rings. The molecular formula is C19H20N4O2S. The monoisotopic (exact) mass is 368 g/mol. The average Bonchev–Trinajstić information content (AvgIpc) is 3.21. The lowest BCUT2D eigenvalue weighted by Crippen LogP contribution is -2.32. The molecule has 1 amide bonds. The average molecular weight is 368 g/mol. The van der Waals surface area contributed by atoms with Crippen LogP contribution in [-0.4, -0.2) is 26.8 Å². The fraction of sp³-hybridized carbons (Fsp3) is 0.316. The number of aryl methyl sites for hydroxylation is 1. The number of rotatable bonds is 6. The van der Waals surface area contributed by atoms with Gasteiger partial charge in [0.15, 0.2) is 5.82 Å². The topological polar surface area (TPSA) is 68.9 Å². The Morgan fingerprint density at radius 2 is 2.08 bits per heavy atom. The summed E-state index contributed by atoms with van der Waals surface area (Å²) < 4.78 is 3.26. The first-order valence-corrected chi connectivity index (χ1v) is 9.60. The van der Waals surface area contributed by atoms with Gasteiger partial charge < -0.3 is 5.32 Å². The van der Waals surface area contributed by atoms with Crippen LogP contribution in [0.5, 0.6) is 0 Å². The molecule has 1 saturated carbocycles. The predicted octanol–water partition coefficient (Wildman–Crippen LogP) is 2.85. The van der Waals surface area contributed by atoms with Crippen LogP contribution in [0.25, 0.3) is 10.7 Å². The summed E-state index contributed by atoms with van der Waals surface area (Å²) in [7, 11) is 0. The predicted molar refractivity (Wildman–Crippen MR) is 102 cm³/mol. The van der Waals surface area contributed by atoms with Crippen LogP contribution < -0.4 is 11.0 Å². The number of amides is 1. The van der Waals surface area contributed by atoms with E-state index in [1.54, 1.807) is 22.0 Å². The highest BCUT2D eigenvalue weighted by Crippen LogP contribution is 2.37. The van der Waals surface area contributed by atoms with Crippen LogP contribution in [0.1, 0.15) is 34.8 Å². The number of aromatic nitrogens is 3. The van der Waals surface area contributed by atoms with Crippen molar-refractivity contribution >= 4 is 17.2 Å². The van der Waals surface area contributed by atoms with E-state index in [1.165, 1.54) is 4.68 Å². The summed E-state index contributed by atoms with van der Waals surface area (Å²) in [6.07, 6.45) is 2.04. The molecule has 4 rings (SSSR count). The van der Waals surface area contributed by atoms with Gasteiger partial charge in [-0.2, -0.15) is 0 Å². The van der Waals surface area contributed by atoms with Crippen LogP contribution in [0.4, 0.5) is 0 Å². The zero-order chi connectivity index (χ0) is 18.1. The van der Waals surface area contributed by atoms with Crippen LogP contribution >= 0.6 is 11.3 Å². The number of carbonyl (C=O) groups excluding carboxylic acids is 1. The minimum absolute atomic E-state index is 0.0963. The number of nitrogens with zero attached hydrogens (tertiary/aromatic N) is 3. The lowest BCUT2D eigenvalue weighted by atomic mass is 10.1. The molecule has 0 saturated heterocycles. The fourth-order valence-corrected chi connectivity index (χ4v) is 3.71. The summed E-state index contributed by atoms with van der Waals surface area (Å²) in [6.45, 7) is 2.62. The van der Waals surface area contributed by atoms with Crippen molar-refractivity contribution in [3.05, 3.63) is 63.4 Å². The molecule has 2 aromatic heterocycles. The maximum Gasteiger partial charge on any atom is 0.346 e. The summed E-state index contributed by atoms with van der Waals surface area (Å²) in [4.78, 5) is 26.0. The van der Waals surface area contributed by atoms with Crippen LogP contribution in [0.3, 0.4) is 0 Å². The Hall–Kier alpha value is -2.67. The third kappa shape index (κ3) is 3.22. The van der Waals surface area contributed by atoms with E-state index in [2.05, 4.69) is 10.4 Å². The third-order valence-electron chi connectivity index (χ3n) is 4.52. The highest BCUT2D eigenvalue weighted by molar-refractivity contribution is 7.13. The lowest BCUT2D eigenvalue weighted by molar-refractivity contribution is 0.0951. The van der Waals surface area contributed by atoms with Gasteiger partial charge in [0.25, 0.3) is 5.91 Å².